The van der Waals surface area contributed by atoms with Crippen molar-refractivity contribution in [3.8, 4) is 0 Å². The Kier molecular flexibility index (Phi) is 9.16. The molecule has 1 saturated heterocycles. The largest absolute Gasteiger partial charge is 0.449 e. The molecule has 0 radical (unpaired) electrons. The Morgan fingerprint density at radius 3 is 2.35 bits per heavy atom. The molecule has 0 saturated carbocycles. The molecule has 2 aliphatic rings. The van der Waals surface area contributed by atoms with Gasteiger partial charge in [0.2, 0.25) is 0 Å². The van der Waals surface area contributed by atoms with E-state index >= 15 is 0 Å². The van der Waals surface area contributed by atoms with Crippen molar-refractivity contribution in [2.75, 3.05) is 37.5 Å². The monoisotopic (exact) mass is 636 g/mol. The van der Waals surface area contributed by atoms with Gasteiger partial charge in [-0.25, -0.2) is 13.2 Å². The van der Waals surface area contributed by atoms with Gasteiger partial charge in [-0.1, -0.05) is 67.6 Å². The highest BCUT2D eigenvalue weighted by Crippen LogP contribution is 2.26. The summed E-state index contributed by atoms with van der Waals surface area (Å²) in [5, 5.41) is 0.724. The zero-order valence-corrected chi connectivity index (χ0v) is 26.4. The number of carbonyl (C=O) groups excluding carboxylic acids is 2. The molecule has 1 fully saturated rings. The highest BCUT2D eigenvalue weighted by molar-refractivity contribution is 7.93. The molecule has 6 rings (SSSR count). The number of carbonyl (C=O) groups is 2. The second-order valence-electron chi connectivity index (χ2n) is 11.7. The molecule has 1 aliphatic heterocycles. The lowest BCUT2D eigenvalue weighted by atomic mass is 10.0. The Morgan fingerprint density at radius 2 is 1.57 bits per heavy atom. The van der Waals surface area contributed by atoms with Crippen LogP contribution in [-0.2, 0) is 27.6 Å². The first kappa shape index (κ1) is 31.0. The Morgan fingerprint density at radius 1 is 0.848 bits per heavy atom. The van der Waals surface area contributed by atoms with Crippen LogP contribution >= 0.6 is 0 Å². The van der Waals surface area contributed by atoms with Crippen molar-refractivity contribution < 1.29 is 22.7 Å². The van der Waals surface area contributed by atoms with Crippen LogP contribution in [0.15, 0.2) is 108 Å². The molecule has 2 heterocycles. The molecule has 1 aromatic heterocycles. The summed E-state index contributed by atoms with van der Waals surface area (Å²) in [6.45, 7) is 3.90. The Labute approximate surface area is 269 Å². The minimum atomic E-state index is -3.90. The SMILES string of the molecule is CC(COC(=O)N1CCN(C(=O)c2ccc(NS(=O)(=O)c3cccc4cccnc34)cc2)CC1)Cc1ccccccc2c(c1)C2. The number of rotatable bonds is 8. The predicted octanol–water partition coefficient (Wildman–Crippen LogP) is 5.84. The van der Waals surface area contributed by atoms with Crippen molar-refractivity contribution in [2.45, 2.75) is 24.7 Å². The van der Waals surface area contributed by atoms with Gasteiger partial charge in [-0.3, -0.25) is 14.5 Å². The molecular weight excluding hydrogens is 600 g/mol. The van der Waals surface area contributed by atoms with Crippen LogP contribution in [0.2, 0.25) is 0 Å². The van der Waals surface area contributed by atoms with Crippen LogP contribution < -0.4 is 4.72 Å². The third-order valence-corrected chi connectivity index (χ3v) is 9.55. The number of piperazine rings is 1. The summed E-state index contributed by atoms with van der Waals surface area (Å²) in [6.07, 6.45) is 3.02. The van der Waals surface area contributed by atoms with Gasteiger partial charge in [-0.05, 0) is 71.8 Å². The first-order valence-corrected chi connectivity index (χ1v) is 16.9. The van der Waals surface area contributed by atoms with Crippen molar-refractivity contribution in [2.24, 2.45) is 5.92 Å². The quantitative estimate of drug-likeness (QED) is 0.229. The van der Waals surface area contributed by atoms with Crippen molar-refractivity contribution in [3.63, 3.8) is 0 Å². The van der Waals surface area contributed by atoms with Crippen LogP contribution in [0.4, 0.5) is 10.5 Å². The lowest BCUT2D eigenvalue weighted by Crippen LogP contribution is -2.50. The molecule has 2 amide bonds. The number of aromatic nitrogens is 1. The van der Waals surface area contributed by atoms with E-state index in [1.165, 1.54) is 22.8 Å². The average Bonchev–Trinajstić information content (AvgIpc) is 3.82. The number of hydrogen-bond acceptors (Lipinski definition) is 6. The van der Waals surface area contributed by atoms with Gasteiger partial charge in [0.1, 0.15) is 4.90 Å². The van der Waals surface area contributed by atoms with Crippen LogP contribution in [0.1, 0.15) is 34.0 Å². The van der Waals surface area contributed by atoms with Gasteiger partial charge in [0.05, 0.1) is 12.1 Å². The predicted molar refractivity (Wildman–Crippen MR) is 178 cm³/mol. The van der Waals surface area contributed by atoms with Gasteiger partial charge in [0.15, 0.2) is 0 Å². The van der Waals surface area contributed by atoms with E-state index in [4.69, 9.17) is 4.74 Å². The first-order valence-electron chi connectivity index (χ1n) is 15.4. The molecule has 1 atom stereocenters. The van der Waals surface area contributed by atoms with Crippen molar-refractivity contribution in [1.29, 1.82) is 0 Å². The lowest BCUT2D eigenvalue weighted by molar-refractivity contribution is 0.0529. The van der Waals surface area contributed by atoms with E-state index in [2.05, 4.69) is 40.9 Å². The smallest absolute Gasteiger partial charge is 0.409 e. The van der Waals surface area contributed by atoms with Crippen LogP contribution in [-0.4, -0.2) is 68.0 Å². The normalized spacial score (nSPS) is 14.5. The molecule has 236 valence electrons. The number of fused-ring (bicyclic) bond motifs is 2. The fraction of sp³-hybridized carbons (Fsp3) is 0.250. The summed E-state index contributed by atoms with van der Waals surface area (Å²) >= 11 is 0. The molecule has 1 aliphatic carbocycles. The standard InChI is InChI=1S/C36H36N4O5S/c1-26(22-27-8-4-2-3-5-9-30-24-31(30)23-27)25-45-36(42)40-20-18-39(19-21-40)35(41)29-13-15-32(16-14-29)38-46(43,44)33-12-6-10-28-11-7-17-37-34(28)33/h2-17,23,26,38H,18-22,24-25H2,1H3. The highest BCUT2D eigenvalue weighted by atomic mass is 32.2. The zero-order chi connectivity index (χ0) is 32.1. The Balaban J connectivity index is 0.984. The molecule has 1 unspecified atom stereocenters. The fourth-order valence-electron chi connectivity index (χ4n) is 5.57. The minimum Gasteiger partial charge on any atom is -0.449 e. The fourth-order valence-corrected chi connectivity index (χ4v) is 6.81. The van der Waals surface area contributed by atoms with Gasteiger partial charge in [0, 0.05) is 49.0 Å². The molecule has 4 aromatic rings. The number of pyridine rings is 1. The molecule has 46 heavy (non-hydrogen) atoms. The molecule has 1 N–H and O–H groups in total. The van der Waals surface area contributed by atoms with E-state index in [1.54, 1.807) is 64.5 Å². The van der Waals surface area contributed by atoms with E-state index in [-0.39, 0.29) is 22.8 Å². The van der Waals surface area contributed by atoms with Gasteiger partial charge in [0.25, 0.3) is 15.9 Å². The maximum atomic E-state index is 13.2. The number of amides is 2. The number of nitrogens with one attached hydrogen (secondary N) is 1. The first-order chi connectivity index (χ1) is 22.3. The zero-order valence-electron chi connectivity index (χ0n) is 25.6. The van der Waals surface area contributed by atoms with Crippen LogP contribution in [0.5, 0.6) is 0 Å². The lowest BCUT2D eigenvalue weighted by Gasteiger charge is -2.34. The summed E-state index contributed by atoms with van der Waals surface area (Å²) in [6, 6.07) is 29.5. The van der Waals surface area contributed by atoms with Crippen molar-refractivity contribution >= 4 is 38.6 Å². The molecule has 10 heteroatoms. The van der Waals surface area contributed by atoms with E-state index < -0.39 is 10.0 Å². The van der Waals surface area contributed by atoms with E-state index in [0.717, 1.165) is 18.2 Å². The van der Waals surface area contributed by atoms with E-state index in [9.17, 15) is 18.0 Å². The van der Waals surface area contributed by atoms with Gasteiger partial charge < -0.3 is 14.5 Å². The summed E-state index contributed by atoms with van der Waals surface area (Å²) < 4.78 is 34.5. The summed E-state index contributed by atoms with van der Waals surface area (Å²) in [5.41, 5.74) is 5.10. The van der Waals surface area contributed by atoms with Crippen LogP contribution in [0.3, 0.4) is 0 Å². The Hall–Kier alpha value is -4.96. The maximum Gasteiger partial charge on any atom is 0.409 e. The number of ether oxygens (including phenoxy) is 1. The number of hydrogen-bond donors (Lipinski definition) is 1. The Bertz CT molecular complexity index is 1920. The number of nitrogens with zero attached hydrogens (tertiary/aromatic N) is 3. The maximum absolute atomic E-state index is 13.2. The number of anilines is 1. The number of sulfonamides is 1. The molecular formula is C36H36N4O5S. The molecule has 3 aromatic carbocycles. The van der Waals surface area contributed by atoms with E-state index in [0.29, 0.717) is 49.6 Å². The second kappa shape index (κ2) is 13.6. The topological polar surface area (TPSA) is 109 Å². The summed E-state index contributed by atoms with van der Waals surface area (Å²) in [5.74, 6) is -0.0234. The van der Waals surface area contributed by atoms with Crippen LogP contribution in [0, 0.1) is 5.92 Å². The highest BCUT2D eigenvalue weighted by Gasteiger charge is 2.26. The molecule has 0 bridgehead atoms. The van der Waals surface area contributed by atoms with Gasteiger partial charge >= 0.3 is 6.09 Å². The van der Waals surface area contributed by atoms with Crippen molar-refractivity contribution in [1.82, 2.24) is 14.8 Å². The second-order valence-corrected chi connectivity index (χ2v) is 13.4. The third-order valence-electron chi connectivity index (χ3n) is 8.14. The molecule has 0 spiro atoms. The minimum absolute atomic E-state index is 0.0805. The van der Waals surface area contributed by atoms with Crippen LogP contribution in [0.25, 0.3) is 10.9 Å². The third kappa shape index (κ3) is 7.46. The average molecular weight is 637 g/mol. The van der Waals surface area contributed by atoms with E-state index in [1.807, 2.05) is 18.2 Å². The van der Waals surface area contributed by atoms with Crippen molar-refractivity contribution in [3.05, 3.63) is 126 Å². The number of benzene rings is 2. The molecule has 9 nitrogen and oxygen atoms in total. The summed E-state index contributed by atoms with van der Waals surface area (Å²) in [4.78, 5) is 33.6. The summed E-state index contributed by atoms with van der Waals surface area (Å²) in [7, 11) is -3.90. The van der Waals surface area contributed by atoms with Gasteiger partial charge in [-0.2, -0.15) is 0 Å². The van der Waals surface area contributed by atoms with Gasteiger partial charge in [-0.15, -0.1) is 0 Å². The number of para-hydroxylation sites is 1.